The van der Waals surface area contributed by atoms with Crippen molar-refractivity contribution in [3.63, 3.8) is 0 Å². The molecule has 0 aliphatic carbocycles. The van der Waals surface area contributed by atoms with Crippen LogP contribution in [0.3, 0.4) is 0 Å². The predicted octanol–water partition coefficient (Wildman–Crippen LogP) is 0.557. The van der Waals surface area contributed by atoms with Crippen LogP contribution < -0.4 is 0 Å². The number of nitrogens with zero attached hydrogens (tertiary/aromatic N) is 2. The highest BCUT2D eigenvalue weighted by molar-refractivity contribution is 5.74. The second-order valence-electron chi connectivity index (χ2n) is 3.85. The molecule has 0 radical (unpaired) electrons. The lowest BCUT2D eigenvalue weighted by molar-refractivity contribution is -0.136. The first-order valence-electron chi connectivity index (χ1n) is 4.49. The van der Waals surface area contributed by atoms with Crippen molar-refractivity contribution in [2.45, 2.75) is 32.9 Å². The molecule has 1 rings (SSSR count). The average molecular weight is 170 g/mol. The van der Waals surface area contributed by atoms with E-state index in [4.69, 9.17) is 0 Å². The van der Waals surface area contributed by atoms with E-state index in [2.05, 4.69) is 25.8 Å². The summed E-state index contributed by atoms with van der Waals surface area (Å²) in [5.41, 5.74) is 0. The van der Waals surface area contributed by atoms with E-state index in [0.29, 0.717) is 12.1 Å². The lowest BCUT2D eigenvalue weighted by Crippen LogP contribution is -2.56. The Hall–Kier alpha value is -0.570. The van der Waals surface area contributed by atoms with Gasteiger partial charge in [-0.25, -0.2) is 0 Å². The maximum Gasteiger partial charge on any atom is 0.220 e. The van der Waals surface area contributed by atoms with E-state index in [0.717, 1.165) is 13.1 Å². The molecule has 1 heterocycles. The lowest BCUT2D eigenvalue weighted by atomic mass is 10.1. The minimum atomic E-state index is 0.197. The Morgan fingerprint density at radius 3 is 2.00 bits per heavy atom. The number of amides is 1. The smallest absolute Gasteiger partial charge is 0.220 e. The summed E-state index contributed by atoms with van der Waals surface area (Å²) in [6.07, 6.45) is 0. The van der Waals surface area contributed by atoms with Crippen molar-refractivity contribution < 1.29 is 4.79 Å². The van der Waals surface area contributed by atoms with Gasteiger partial charge in [0.1, 0.15) is 0 Å². The zero-order valence-electron chi connectivity index (χ0n) is 8.37. The summed E-state index contributed by atoms with van der Waals surface area (Å²) >= 11 is 0. The molecule has 1 saturated heterocycles. The van der Waals surface area contributed by atoms with Crippen molar-refractivity contribution in [1.82, 2.24) is 9.80 Å². The number of rotatable bonds is 0. The molecular formula is C9H18N2O. The molecule has 0 saturated carbocycles. The Labute approximate surface area is 74.3 Å². The van der Waals surface area contributed by atoms with Crippen molar-refractivity contribution in [1.29, 1.82) is 0 Å². The van der Waals surface area contributed by atoms with E-state index in [1.807, 2.05) is 4.90 Å². The van der Waals surface area contributed by atoms with E-state index >= 15 is 0 Å². The molecular weight excluding hydrogens is 152 g/mol. The van der Waals surface area contributed by atoms with Crippen LogP contribution in [0.1, 0.15) is 20.8 Å². The maximum absolute atomic E-state index is 11.2. The zero-order valence-corrected chi connectivity index (χ0v) is 8.37. The van der Waals surface area contributed by atoms with Gasteiger partial charge in [0.25, 0.3) is 0 Å². The summed E-state index contributed by atoms with van der Waals surface area (Å²) in [5, 5.41) is 0. The number of likely N-dealkylation sites (N-methyl/N-ethyl adjacent to an activating group) is 1. The van der Waals surface area contributed by atoms with Gasteiger partial charge in [0.05, 0.1) is 0 Å². The first kappa shape index (κ1) is 9.52. The predicted molar refractivity (Wildman–Crippen MR) is 48.9 cm³/mol. The molecule has 12 heavy (non-hydrogen) atoms. The molecule has 1 fully saturated rings. The third kappa shape index (κ3) is 1.78. The number of hydrogen-bond acceptors (Lipinski definition) is 2. The van der Waals surface area contributed by atoms with Crippen LogP contribution in [0.25, 0.3) is 0 Å². The Morgan fingerprint density at radius 1 is 1.25 bits per heavy atom. The molecule has 0 spiro atoms. The highest BCUT2D eigenvalue weighted by Gasteiger charge is 2.28. The standard InChI is InChI=1S/C9H18N2O/c1-7-5-10(4)6-8(2)11(7)9(3)12/h7-8H,5-6H2,1-4H3. The van der Waals surface area contributed by atoms with Crippen LogP contribution in [0.2, 0.25) is 0 Å². The fraction of sp³-hybridized carbons (Fsp3) is 0.889. The van der Waals surface area contributed by atoms with Crippen LogP contribution in [-0.2, 0) is 4.79 Å². The van der Waals surface area contributed by atoms with Crippen LogP contribution in [0, 0.1) is 0 Å². The fourth-order valence-corrected chi connectivity index (χ4v) is 2.21. The second kappa shape index (κ2) is 3.44. The molecule has 0 aromatic carbocycles. The molecule has 2 unspecified atom stereocenters. The maximum atomic E-state index is 11.2. The van der Waals surface area contributed by atoms with Gasteiger partial charge in [-0.2, -0.15) is 0 Å². The van der Waals surface area contributed by atoms with Gasteiger partial charge in [0, 0.05) is 32.1 Å². The van der Waals surface area contributed by atoms with Gasteiger partial charge in [-0.1, -0.05) is 0 Å². The third-order valence-electron chi connectivity index (χ3n) is 2.47. The normalized spacial score (nSPS) is 32.2. The van der Waals surface area contributed by atoms with Crippen molar-refractivity contribution >= 4 is 5.91 Å². The average Bonchev–Trinajstić information content (AvgIpc) is 1.82. The largest absolute Gasteiger partial charge is 0.335 e. The molecule has 70 valence electrons. The molecule has 0 N–H and O–H groups in total. The molecule has 1 aliphatic rings. The van der Waals surface area contributed by atoms with Gasteiger partial charge in [0.15, 0.2) is 0 Å². The van der Waals surface area contributed by atoms with Gasteiger partial charge in [0.2, 0.25) is 5.91 Å². The summed E-state index contributed by atoms with van der Waals surface area (Å²) in [6, 6.07) is 0.715. The minimum Gasteiger partial charge on any atom is -0.335 e. The molecule has 1 aliphatic heterocycles. The van der Waals surface area contributed by atoms with E-state index in [1.54, 1.807) is 6.92 Å². The number of hydrogen-bond donors (Lipinski definition) is 0. The molecule has 0 bridgehead atoms. The summed E-state index contributed by atoms with van der Waals surface area (Å²) in [6.45, 7) is 7.84. The first-order valence-corrected chi connectivity index (χ1v) is 4.49. The fourth-order valence-electron chi connectivity index (χ4n) is 2.21. The van der Waals surface area contributed by atoms with Gasteiger partial charge in [-0.05, 0) is 20.9 Å². The lowest BCUT2D eigenvalue weighted by Gasteiger charge is -2.42. The first-order chi connectivity index (χ1) is 5.52. The van der Waals surface area contributed by atoms with Crippen LogP contribution in [0.5, 0.6) is 0 Å². The van der Waals surface area contributed by atoms with Gasteiger partial charge in [-0.3, -0.25) is 4.79 Å². The summed E-state index contributed by atoms with van der Waals surface area (Å²) in [5.74, 6) is 0.197. The van der Waals surface area contributed by atoms with Crippen molar-refractivity contribution in [3.8, 4) is 0 Å². The van der Waals surface area contributed by atoms with E-state index in [-0.39, 0.29) is 5.91 Å². The van der Waals surface area contributed by atoms with Gasteiger partial charge < -0.3 is 9.80 Å². The Balaban J connectivity index is 2.66. The molecule has 0 aromatic heterocycles. The highest BCUT2D eigenvalue weighted by Crippen LogP contribution is 2.13. The van der Waals surface area contributed by atoms with E-state index in [1.165, 1.54) is 0 Å². The highest BCUT2D eigenvalue weighted by atomic mass is 16.2. The molecule has 3 nitrogen and oxygen atoms in total. The van der Waals surface area contributed by atoms with Crippen molar-refractivity contribution in [2.75, 3.05) is 20.1 Å². The van der Waals surface area contributed by atoms with Crippen molar-refractivity contribution in [2.24, 2.45) is 0 Å². The molecule has 1 amide bonds. The third-order valence-corrected chi connectivity index (χ3v) is 2.47. The van der Waals surface area contributed by atoms with Gasteiger partial charge in [-0.15, -0.1) is 0 Å². The van der Waals surface area contributed by atoms with Crippen molar-refractivity contribution in [3.05, 3.63) is 0 Å². The number of carbonyl (C=O) groups excluding carboxylic acids is 1. The Bertz CT molecular complexity index is 169. The number of carbonyl (C=O) groups is 1. The summed E-state index contributed by atoms with van der Waals surface area (Å²) in [4.78, 5) is 15.5. The van der Waals surface area contributed by atoms with Crippen LogP contribution >= 0.6 is 0 Å². The monoisotopic (exact) mass is 170 g/mol. The van der Waals surface area contributed by atoms with E-state index in [9.17, 15) is 4.79 Å². The van der Waals surface area contributed by atoms with Crippen LogP contribution in [0.15, 0.2) is 0 Å². The van der Waals surface area contributed by atoms with Gasteiger partial charge >= 0.3 is 0 Å². The van der Waals surface area contributed by atoms with E-state index < -0.39 is 0 Å². The van der Waals surface area contributed by atoms with Crippen LogP contribution in [0.4, 0.5) is 0 Å². The summed E-state index contributed by atoms with van der Waals surface area (Å²) < 4.78 is 0. The SMILES string of the molecule is CC(=O)N1C(C)CN(C)CC1C. The number of piperazine rings is 1. The molecule has 0 aromatic rings. The van der Waals surface area contributed by atoms with Crippen LogP contribution in [-0.4, -0.2) is 47.9 Å². The molecule has 3 heteroatoms. The topological polar surface area (TPSA) is 23.6 Å². The summed E-state index contributed by atoms with van der Waals surface area (Å²) in [7, 11) is 2.10. The zero-order chi connectivity index (χ0) is 9.30. The quantitative estimate of drug-likeness (QED) is 0.530. The second-order valence-corrected chi connectivity index (χ2v) is 3.85. The Kier molecular flexibility index (Phi) is 2.73. The molecule has 2 atom stereocenters. The Morgan fingerprint density at radius 2 is 1.67 bits per heavy atom. The minimum absolute atomic E-state index is 0.197.